The number of aliphatic hydroxyl groups excluding tert-OH is 1. The number of urea groups is 1. The van der Waals surface area contributed by atoms with E-state index in [0.717, 1.165) is 5.56 Å². The molecule has 21 heavy (non-hydrogen) atoms. The highest BCUT2D eigenvalue weighted by molar-refractivity contribution is 5.89. The average molecular weight is 285 g/mol. The van der Waals surface area contributed by atoms with E-state index in [-0.39, 0.29) is 18.7 Å². The van der Waals surface area contributed by atoms with Crippen LogP contribution in [0.2, 0.25) is 0 Å². The smallest absolute Gasteiger partial charge is 0.319 e. The summed E-state index contributed by atoms with van der Waals surface area (Å²) in [7, 11) is 0. The van der Waals surface area contributed by atoms with Gasteiger partial charge in [-0.15, -0.1) is 0 Å². The first-order valence-electron chi connectivity index (χ1n) is 6.93. The van der Waals surface area contributed by atoms with Crippen LogP contribution in [0.3, 0.4) is 0 Å². The van der Waals surface area contributed by atoms with Crippen molar-refractivity contribution in [3.05, 3.63) is 60.4 Å². The van der Waals surface area contributed by atoms with Crippen molar-refractivity contribution < 1.29 is 9.90 Å². The van der Waals surface area contributed by atoms with E-state index >= 15 is 0 Å². The van der Waals surface area contributed by atoms with Crippen LogP contribution in [0, 0.1) is 0 Å². The van der Waals surface area contributed by atoms with Crippen molar-refractivity contribution in [3.63, 3.8) is 0 Å². The summed E-state index contributed by atoms with van der Waals surface area (Å²) < 4.78 is 0. The van der Waals surface area contributed by atoms with Crippen LogP contribution in [0.1, 0.15) is 24.4 Å². The van der Waals surface area contributed by atoms with Crippen molar-refractivity contribution >= 4 is 11.7 Å². The molecule has 0 aliphatic carbocycles. The highest BCUT2D eigenvalue weighted by atomic mass is 16.3. The van der Waals surface area contributed by atoms with E-state index in [9.17, 15) is 4.79 Å². The largest absolute Gasteiger partial charge is 0.396 e. The summed E-state index contributed by atoms with van der Waals surface area (Å²) in [6.07, 6.45) is 4.56. The van der Waals surface area contributed by atoms with Crippen LogP contribution in [-0.2, 0) is 0 Å². The van der Waals surface area contributed by atoms with Crippen molar-refractivity contribution in [1.29, 1.82) is 0 Å². The van der Waals surface area contributed by atoms with Crippen LogP contribution in [0.15, 0.2) is 54.9 Å². The van der Waals surface area contributed by atoms with E-state index in [1.54, 1.807) is 24.5 Å². The molecule has 110 valence electrons. The number of benzene rings is 1. The summed E-state index contributed by atoms with van der Waals surface area (Å²) in [5.41, 5.74) is 1.72. The topological polar surface area (TPSA) is 74.2 Å². The lowest BCUT2D eigenvalue weighted by Gasteiger charge is -2.19. The van der Waals surface area contributed by atoms with Gasteiger partial charge < -0.3 is 15.7 Å². The predicted octanol–water partition coefficient (Wildman–Crippen LogP) is 2.72. The van der Waals surface area contributed by atoms with E-state index in [0.29, 0.717) is 18.5 Å². The van der Waals surface area contributed by atoms with Gasteiger partial charge in [-0.2, -0.15) is 0 Å². The SMILES string of the molecule is O=C(Nc1ccncc1)N[C@H](CCCO)c1ccccc1. The lowest BCUT2D eigenvalue weighted by atomic mass is 10.0. The minimum Gasteiger partial charge on any atom is -0.396 e. The molecule has 1 atom stereocenters. The minimum absolute atomic E-state index is 0.108. The van der Waals surface area contributed by atoms with Crippen LogP contribution in [0.5, 0.6) is 0 Å². The van der Waals surface area contributed by atoms with Crippen LogP contribution in [-0.4, -0.2) is 22.7 Å². The van der Waals surface area contributed by atoms with Gasteiger partial charge in [0.2, 0.25) is 0 Å². The van der Waals surface area contributed by atoms with Crippen LogP contribution >= 0.6 is 0 Å². The maximum absolute atomic E-state index is 12.1. The Morgan fingerprint density at radius 2 is 1.86 bits per heavy atom. The first kappa shape index (κ1) is 15.0. The van der Waals surface area contributed by atoms with E-state index in [4.69, 9.17) is 5.11 Å². The summed E-state index contributed by atoms with van der Waals surface area (Å²) in [4.78, 5) is 16.0. The molecular formula is C16H19N3O2. The zero-order valence-electron chi connectivity index (χ0n) is 11.7. The molecule has 0 saturated carbocycles. The van der Waals surface area contributed by atoms with E-state index in [1.165, 1.54) is 0 Å². The maximum atomic E-state index is 12.1. The zero-order valence-corrected chi connectivity index (χ0v) is 11.7. The van der Waals surface area contributed by atoms with Gasteiger partial charge in [0.15, 0.2) is 0 Å². The van der Waals surface area contributed by atoms with Gasteiger partial charge in [-0.25, -0.2) is 4.79 Å². The molecule has 0 unspecified atom stereocenters. The quantitative estimate of drug-likeness (QED) is 0.764. The summed E-state index contributed by atoms with van der Waals surface area (Å²) in [6, 6.07) is 12.8. The Morgan fingerprint density at radius 1 is 1.14 bits per heavy atom. The Kier molecular flexibility index (Phi) is 5.72. The molecule has 5 nitrogen and oxygen atoms in total. The number of anilines is 1. The lowest BCUT2D eigenvalue weighted by Crippen LogP contribution is -2.32. The molecule has 0 fully saturated rings. The number of carbonyl (C=O) groups is 1. The van der Waals surface area contributed by atoms with Crippen molar-refractivity contribution in [2.45, 2.75) is 18.9 Å². The molecule has 2 rings (SSSR count). The van der Waals surface area contributed by atoms with Gasteiger partial charge in [-0.1, -0.05) is 30.3 Å². The molecule has 1 aromatic carbocycles. The summed E-state index contributed by atoms with van der Waals surface area (Å²) in [6.45, 7) is 0.108. The van der Waals surface area contributed by atoms with Crippen molar-refractivity contribution in [2.75, 3.05) is 11.9 Å². The molecule has 1 aromatic heterocycles. The maximum Gasteiger partial charge on any atom is 0.319 e. The standard InChI is InChI=1S/C16H19N3O2/c20-12-4-7-15(13-5-2-1-3-6-13)19-16(21)18-14-8-10-17-11-9-14/h1-3,5-6,8-11,15,20H,4,7,12H2,(H2,17,18,19,21)/t15-/m1/s1. The van der Waals surface area contributed by atoms with Crippen LogP contribution in [0.25, 0.3) is 0 Å². The molecule has 0 radical (unpaired) electrons. The number of carbonyl (C=O) groups excluding carboxylic acids is 1. The molecule has 1 heterocycles. The molecule has 0 aliphatic rings. The van der Waals surface area contributed by atoms with Gasteiger partial charge in [0, 0.05) is 24.7 Å². The number of amides is 2. The summed E-state index contributed by atoms with van der Waals surface area (Å²) in [5.74, 6) is 0. The molecule has 0 aliphatic heterocycles. The van der Waals surface area contributed by atoms with Crippen LogP contribution < -0.4 is 10.6 Å². The molecule has 5 heteroatoms. The van der Waals surface area contributed by atoms with E-state index in [2.05, 4.69) is 15.6 Å². The van der Waals surface area contributed by atoms with Crippen molar-refractivity contribution in [1.82, 2.24) is 10.3 Å². The normalized spacial score (nSPS) is 11.7. The molecule has 0 spiro atoms. The van der Waals surface area contributed by atoms with Crippen molar-refractivity contribution in [2.24, 2.45) is 0 Å². The van der Waals surface area contributed by atoms with Gasteiger partial charge >= 0.3 is 6.03 Å². The lowest BCUT2D eigenvalue weighted by molar-refractivity contribution is 0.244. The monoisotopic (exact) mass is 285 g/mol. The van der Waals surface area contributed by atoms with Crippen LogP contribution in [0.4, 0.5) is 10.5 Å². The number of rotatable bonds is 6. The first-order valence-corrected chi connectivity index (χ1v) is 6.93. The second-order valence-corrected chi connectivity index (χ2v) is 4.66. The Morgan fingerprint density at radius 3 is 2.52 bits per heavy atom. The third-order valence-corrected chi connectivity index (χ3v) is 3.10. The summed E-state index contributed by atoms with van der Waals surface area (Å²) >= 11 is 0. The van der Waals surface area contributed by atoms with Gasteiger partial charge in [-0.05, 0) is 30.5 Å². The number of nitrogens with zero attached hydrogens (tertiary/aromatic N) is 1. The third kappa shape index (κ3) is 4.89. The highest BCUT2D eigenvalue weighted by Crippen LogP contribution is 2.18. The Hall–Kier alpha value is -2.40. The number of aromatic nitrogens is 1. The molecule has 0 bridgehead atoms. The second-order valence-electron chi connectivity index (χ2n) is 4.66. The fourth-order valence-electron chi connectivity index (χ4n) is 2.06. The number of pyridine rings is 1. The molecule has 3 N–H and O–H groups in total. The molecule has 0 saturated heterocycles. The summed E-state index contributed by atoms with van der Waals surface area (Å²) in [5, 5.41) is 14.7. The second kappa shape index (κ2) is 8.01. The number of hydrogen-bond acceptors (Lipinski definition) is 3. The van der Waals surface area contributed by atoms with Gasteiger partial charge in [0.05, 0.1) is 6.04 Å². The zero-order chi connectivity index (χ0) is 14.9. The average Bonchev–Trinajstić information content (AvgIpc) is 2.53. The third-order valence-electron chi connectivity index (χ3n) is 3.10. The van der Waals surface area contributed by atoms with Gasteiger partial charge in [-0.3, -0.25) is 4.98 Å². The first-order chi connectivity index (χ1) is 10.3. The fourth-order valence-corrected chi connectivity index (χ4v) is 2.06. The van der Waals surface area contributed by atoms with E-state index in [1.807, 2.05) is 30.3 Å². The van der Waals surface area contributed by atoms with E-state index < -0.39 is 0 Å². The highest BCUT2D eigenvalue weighted by Gasteiger charge is 2.14. The predicted molar refractivity (Wildman–Crippen MR) is 81.9 cm³/mol. The Balaban J connectivity index is 1.99. The Bertz CT molecular complexity index is 546. The fraction of sp³-hybridized carbons (Fsp3) is 0.250. The number of hydrogen-bond donors (Lipinski definition) is 3. The molecular weight excluding hydrogens is 266 g/mol. The Labute approximate surface area is 124 Å². The van der Waals surface area contributed by atoms with Gasteiger partial charge in [0.25, 0.3) is 0 Å². The molecule has 2 aromatic rings. The molecule has 2 amide bonds. The number of nitrogens with one attached hydrogen (secondary N) is 2. The minimum atomic E-state index is -0.270. The van der Waals surface area contributed by atoms with Gasteiger partial charge in [0.1, 0.15) is 0 Å². The van der Waals surface area contributed by atoms with Crippen molar-refractivity contribution in [3.8, 4) is 0 Å². The number of aliphatic hydroxyl groups is 1.